The number of urea groups is 1. The first kappa shape index (κ1) is 17.0. The number of aryl methyl sites for hydroxylation is 1. The van der Waals surface area contributed by atoms with Crippen molar-refractivity contribution >= 4 is 39.6 Å². The zero-order chi connectivity index (χ0) is 16.0. The third kappa shape index (κ3) is 5.82. The van der Waals surface area contributed by atoms with Gasteiger partial charge in [0.1, 0.15) is 6.04 Å². The molecule has 0 spiro atoms. The highest BCUT2D eigenvalue weighted by Crippen LogP contribution is 2.19. The minimum absolute atomic E-state index is 0.183. The predicted molar refractivity (Wildman–Crippen MR) is 79.3 cm³/mol. The van der Waals surface area contributed by atoms with Gasteiger partial charge in [0.25, 0.3) is 0 Å². The predicted octanol–water partition coefficient (Wildman–Crippen LogP) is 2.20. The van der Waals surface area contributed by atoms with E-state index in [1.807, 2.05) is 6.92 Å². The second-order valence-corrected chi connectivity index (χ2v) is 5.24. The van der Waals surface area contributed by atoms with Gasteiger partial charge in [0.05, 0.1) is 0 Å². The largest absolute Gasteiger partial charge is 0.481 e. The van der Waals surface area contributed by atoms with E-state index in [2.05, 4.69) is 26.6 Å². The monoisotopic (exact) mass is 358 g/mol. The summed E-state index contributed by atoms with van der Waals surface area (Å²) < 4.78 is 0.887. The summed E-state index contributed by atoms with van der Waals surface area (Å²) in [7, 11) is 0. The smallest absolute Gasteiger partial charge is 0.326 e. The zero-order valence-electron chi connectivity index (χ0n) is 11.2. The Labute approximate surface area is 129 Å². The maximum atomic E-state index is 11.7. The van der Waals surface area contributed by atoms with Crippen LogP contribution in [0.15, 0.2) is 22.7 Å². The Balaban J connectivity index is 2.62. The number of carboxylic acids is 2. The number of carbonyl (C=O) groups is 3. The summed E-state index contributed by atoms with van der Waals surface area (Å²) in [4.78, 5) is 33.1. The summed E-state index contributed by atoms with van der Waals surface area (Å²) >= 11 is 3.33. The zero-order valence-corrected chi connectivity index (χ0v) is 12.8. The van der Waals surface area contributed by atoms with Crippen LogP contribution < -0.4 is 10.6 Å². The molecule has 1 atom stereocenters. The molecule has 1 unspecified atom stereocenters. The van der Waals surface area contributed by atoms with Gasteiger partial charge < -0.3 is 20.8 Å². The standard InChI is InChI=1S/C13H15BrN2O5/c1-7-6-8(2-3-9(7)14)15-13(21)16-10(12(19)20)4-5-11(17)18/h2-3,6,10H,4-5H2,1H3,(H,17,18)(H,19,20)(H2,15,16,21). The van der Waals surface area contributed by atoms with Gasteiger partial charge in [-0.2, -0.15) is 0 Å². The lowest BCUT2D eigenvalue weighted by Crippen LogP contribution is -2.43. The van der Waals surface area contributed by atoms with Crippen LogP contribution in [0, 0.1) is 6.92 Å². The van der Waals surface area contributed by atoms with Crippen LogP contribution in [0.25, 0.3) is 0 Å². The van der Waals surface area contributed by atoms with E-state index in [-0.39, 0.29) is 12.8 Å². The van der Waals surface area contributed by atoms with E-state index in [1.54, 1.807) is 18.2 Å². The van der Waals surface area contributed by atoms with Crippen molar-refractivity contribution in [3.8, 4) is 0 Å². The molecule has 0 aromatic heterocycles. The molecule has 0 radical (unpaired) electrons. The topological polar surface area (TPSA) is 116 Å². The van der Waals surface area contributed by atoms with Crippen LogP contribution in [-0.2, 0) is 9.59 Å². The lowest BCUT2D eigenvalue weighted by molar-refractivity contribution is -0.140. The molecule has 0 fully saturated rings. The van der Waals surface area contributed by atoms with E-state index in [4.69, 9.17) is 10.2 Å². The Kier molecular flexibility index (Phi) is 6.16. The van der Waals surface area contributed by atoms with Gasteiger partial charge in [-0.25, -0.2) is 9.59 Å². The van der Waals surface area contributed by atoms with Crippen molar-refractivity contribution < 1.29 is 24.6 Å². The van der Waals surface area contributed by atoms with Crippen LogP contribution in [0.3, 0.4) is 0 Å². The molecule has 114 valence electrons. The highest BCUT2D eigenvalue weighted by Gasteiger charge is 2.20. The number of nitrogens with one attached hydrogen (secondary N) is 2. The lowest BCUT2D eigenvalue weighted by Gasteiger charge is -2.14. The van der Waals surface area contributed by atoms with Gasteiger partial charge in [0.15, 0.2) is 0 Å². The number of amides is 2. The molecular formula is C13H15BrN2O5. The van der Waals surface area contributed by atoms with Gasteiger partial charge in [-0.15, -0.1) is 0 Å². The number of halogens is 1. The van der Waals surface area contributed by atoms with Gasteiger partial charge in [-0.3, -0.25) is 4.79 Å². The summed E-state index contributed by atoms with van der Waals surface area (Å²) in [6, 6.07) is 3.18. The summed E-state index contributed by atoms with van der Waals surface area (Å²) in [6.45, 7) is 1.85. The first-order valence-corrected chi connectivity index (χ1v) is 6.87. The van der Waals surface area contributed by atoms with Gasteiger partial charge in [-0.05, 0) is 37.1 Å². The molecule has 7 nitrogen and oxygen atoms in total. The van der Waals surface area contributed by atoms with Crippen molar-refractivity contribution in [1.82, 2.24) is 5.32 Å². The fraction of sp³-hybridized carbons (Fsp3) is 0.308. The molecule has 0 saturated carbocycles. The molecule has 1 aromatic carbocycles. The molecule has 1 aromatic rings. The molecule has 0 aliphatic carbocycles. The molecule has 0 saturated heterocycles. The van der Waals surface area contributed by atoms with E-state index in [1.165, 1.54) is 0 Å². The van der Waals surface area contributed by atoms with Gasteiger partial charge >= 0.3 is 18.0 Å². The molecule has 1 rings (SSSR count). The lowest BCUT2D eigenvalue weighted by atomic mass is 10.1. The van der Waals surface area contributed by atoms with Gasteiger partial charge in [0.2, 0.25) is 0 Å². The van der Waals surface area contributed by atoms with Crippen molar-refractivity contribution in [2.75, 3.05) is 5.32 Å². The number of carboxylic acid groups (broad SMARTS) is 2. The molecule has 0 aliphatic heterocycles. The molecule has 8 heteroatoms. The highest BCUT2D eigenvalue weighted by atomic mass is 79.9. The Morgan fingerprint density at radius 3 is 2.48 bits per heavy atom. The molecule has 21 heavy (non-hydrogen) atoms. The number of hydrogen-bond donors (Lipinski definition) is 4. The van der Waals surface area contributed by atoms with Crippen LogP contribution in [0.4, 0.5) is 10.5 Å². The Hall–Kier alpha value is -2.09. The van der Waals surface area contributed by atoms with E-state index in [9.17, 15) is 14.4 Å². The van der Waals surface area contributed by atoms with E-state index >= 15 is 0 Å². The van der Waals surface area contributed by atoms with Crippen LogP contribution in [0.1, 0.15) is 18.4 Å². The van der Waals surface area contributed by atoms with Crippen molar-refractivity contribution in [2.45, 2.75) is 25.8 Å². The van der Waals surface area contributed by atoms with E-state index in [0.29, 0.717) is 5.69 Å². The first-order valence-electron chi connectivity index (χ1n) is 6.08. The third-order valence-electron chi connectivity index (χ3n) is 2.67. The summed E-state index contributed by atoms with van der Waals surface area (Å²) in [5.41, 5.74) is 1.42. The quantitative estimate of drug-likeness (QED) is 0.622. The third-order valence-corrected chi connectivity index (χ3v) is 3.56. The molecule has 0 aliphatic rings. The normalized spacial score (nSPS) is 11.5. The van der Waals surface area contributed by atoms with Crippen molar-refractivity contribution in [3.63, 3.8) is 0 Å². The average molecular weight is 359 g/mol. The molecule has 0 heterocycles. The summed E-state index contributed by atoms with van der Waals surface area (Å²) in [6.07, 6.45) is -0.522. The number of benzene rings is 1. The highest BCUT2D eigenvalue weighted by molar-refractivity contribution is 9.10. The first-order chi connectivity index (χ1) is 9.79. The molecule has 4 N–H and O–H groups in total. The molecular weight excluding hydrogens is 344 g/mol. The Morgan fingerprint density at radius 2 is 1.95 bits per heavy atom. The molecule has 0 bridgehead atoms. The summed E-state index contributed by atoms with van der Waals surface area (Å²) in [5, 5.41) is 22.2. The van der Waals surface area contributed by atoms with Crippen LogP contribution in [0.2, 0.25) is 0 Å². The fourth-order valence-electron chi connectivity index (χ4n) is 1.57. The number of carbonyl (C=O) groups excluding carboxylic acids is 1. The Morgan fingerprint density at radius 1 is 1.29 bits per heavy atom. The Bertz CT molecular complexity index is 561. The van der Waals surface area contributed by atoms with Gasteiger partial charge in [-0.1, -0.05) is 15.9 Å². The van der Waals surface area contributed by atoms with Crippen molar-refractivity contribution in [2.24, 2.45) is 0 Å². The second-order valence-electron chi connectivity index (χ2n) is 4.39. The minimum atomic E-state index is -1.28. The minimum Gasteiger partial charge on any atom is -0.481 e. The second kappa shape index (κ2) is 7.63. The van der Waals surface area contributed by atoms with E-state index < -0.39 is 24.0 Å². The molecule has 2 amide bonds. The number of hydrogen-bond acceptors (Lipinski definition) is 3. The maximum Gasteiger partial charge on any atom is 0.326 e. The summed E-state index contributed by atoms with van der Waals surface area (Å²) in [5.74, 6) is -2.40. The van der Waals surface area contributed by atoms with Gasteiger partial charge in [0, 0.05) is 16.6 Å². The SMILES string of the molecule is Cc1cc(NC(=O)NC(CCC(=O)O)C(=O)O)ccc1Br. The van der Waals surface area contributed by atoms with Crippen LogP contribution in [0.5, 0.6) is 0 Å². The average Bonchev–Trinajstić information content (AvgIpc) is 2.38. The van der Waals surface area contributed by atoms with Crippen molar-refractivity contribution in [1.29, 1.82) is 0 Å². The number of aliphatic carboxylic acids is 2. The fourth-order valence-corrected chi connectivity index (χ4v) is 1.82. The van der Waals surface area contributed by atoms with Crippen molar-refractivity contribution in [3.05, 3.63) is 28.2 Å². The number of anilines is 1. The number of rotatable bonds is 6. The van der Waals surface area contributed by atoms with Crippen LogP contribution >= 0.6 is 15.9 Å². The maximum absolute atomic E-state index is 11.7. The van der Waals surface area contributed by atoms with E-state index in [0.717, 1.165) is 10.0 Å². The van der Waals surface area contributed by atoms with Crippen LogP contribution in [-0.4, -0.2) is 34.2 Å².